The van der Waals surface area contributed by atoms with Crippen molar-refractivity contribution in [1.82, 2.24) is 9.88 Å². The van der Waals surface area contributed by atoms with Crippen molar-refractivity contribution in [3.63, 3.8) is 0 Å². The number of aryl methyl sites for hydroxylation is 1. The predicted molar refractivity (Wildman–Crippen MR) is 77.9 cm³/mol. The Morgan fingerprint density at radius 2 is 2.17 bits per heavy atom. The number of hydrogen-bond donors (Lipinski definition) is 1. The third kappa shape index (κ3) is 3.45. The van der Waals surface area contributed by atoms with Crippen molar-refractivity contribution in [2.24, 2.45) is 0 Å². The fraction of sp³-hybridized carbons (Fsp3) is 0.308. The molecule has 1 aromatic carbocycles. The predicted octanol–water partition coefficient (Wildman–Crippen LogP) is 3.32. The lowest BCUT2D eigenvalue weighted by molar-refractivity contribution is 0.315. The van der Waals surface area contributed by atoms with E-state index in [-0.39, 0.29) is 0 Å². The van der Waals surface area contributed by atoms with Crippen molar-refractivity contribution < 1.29 is 0 Å². The van der Waals surface area contributed by atoms with E-state index in [9.17, 15) is 0 Å². The Morgan fingerprint density at radius 1 is 1.39 bits per heavy atom. The first-order valence-corrected chi connectivity index (χ1v) is 6.94. The van der Waals surface area contributed by atoms with E-state index in [0.717, 1.165) is 29.4 Å². The molecular formula is C13H16ClN3S. The van der Waals surface area contributed by atoms with Gasteiger partial charge in [0.15, 0.2) is 0 Å². The summed E-state index contributed by atoms with van der Waals surface area (Å²) in [6, 6.07) is 5.76. The second-order valence-corrected chi connectivity index (χ2v) is 5.86. The summed E-state index contributed by atoms with van der Waals surface area (Å²) in [6.07, 6.45) is 0. The number of anilines is 1. The minimum atomic E-state index is 0.608. The van der Waals surface area contributed by atoms with Crippen LogP contribution >= 0.6 is 22.9 Å². The fourth-order valence-corrected chi connectivity index (χ4v) is 2.54. The van der Waals surface area contributed by atoms with E-state index in [2.05, 4.69) is 22.3 Å². The molecule has 18 heavy (non-hydrogen) atoms. The molecule has 0 saturated carbocycles. The lowest BCUT2D eigenvalue weighted by Crippen LogP contribution is -2.17. The lowest BCUT2D eigenvalue weighted by atomic mass is 10.2. The van der Waals surface area contributed by atoms with Gasteiger partial charge in [-0.1, -0.05) is 17.7 Å². The third-order valence-electron chi connectivity index (χ3n) is 2.61. The fourth-order valence-electron chi connectivity index (χ4n) is 1.82. The van der Waals surface area contributed by atoms with Crippen LogP contribution in [0.4, 0.5) is 5.69 Å². The van der Waals surface area contributed by atoms with Crippen molar-refractivity contribution in [1.29, 1.82) is 0 Å². The first kappa shape index (κ1) is 13.3. The Hall–Kier alpha value is -1.10. The maximum Gasteiger partial charge on any atom is 0.0897 e. The molecule has 0 bridgehead atoms. The summed E-state index contributed by atoms with van der Waals surface area (Å²) in [5.41, 5.74) is 8.69. The summed E-state index contributed by atoms with van der Waals surface area (Å²) in [5.74, 6) is 0. The largest absolute Gasteiger partial charge is 0.398 e. The van der Waals surface area contributed by atoms with E-state index in [4.69, 9.17) is 17.3 Å². The maximum atomic E-state index is 5.90. The zero-order valence-corrected chi connectivity index (χ0v) is 12.1. The minimum Gasteiger partial charge on any atom is -0.398 e. The zero-order valence-electron chi connectivity index (χ0n) is 10.5. The van der Waals surface area contributed by atoms with E-state index < -0.39 is 0 Å². The number of nitrogen functional groups attached to an aromatic ring is 1. The molecule has 0 saturated heterocycles. The molecule has 0 atom stereocenters. The van der Waals surface area contributed by atoms with Crippen molar-refractivity contribution in [2.45, 2.75) is 20.0 Å². The molecule has 0 aliphatic rings. The molecule has 0 aliphatic heterocycles. The number of hydrogen-bond acceptors (Lipinski definition) is 4. The molecule has 2 rings (SSSR count). The van der Waals surface area contributed by atoms with Crippen molar-refractivity contribution in [2.75, 3.05) is 12.8 Å². The minimum absolute atomic E-state index is 0.608. The molecule has 5 heteroatoms. The first-order chi connectivity index (χ1) is 8.54. The molecule has 2 N–H and O–H groups in total. The van der Waals surface area contributed by atoms with E-state index >= 15 is 0 Å². The number of thiazole rings is 1. The van der Waals surface area contributed by atoms with Gasteiger partial charge < -0.3 is 5.73 Å². The van der Waals surface area contributed by atoms with E-state index in [1.54, 1.807) is 11.3 Å². The van der Waals surface area contributed by atoms with Crippen LogP contribution in [0.3, 0.4) is 0 Å². The van der Waals surface area contributed by atoms with Crippen LogP contribution in [-0.2, 0) is 13.1 Å². The number of benzene rings is 1. The normalized spacial score (nSPS) is 11.1. The van der Waals surface area contributed by atoms with Crippen LogP contribution in [0.5, 0.6) is 0 Å². The molecule has 1 aromatic heterocycles. The summed E-state index contributed by atoms with van der Waals surface area (Å²) in [7, 11) is 2.07. The van der Waals surface area contributed by atoms with Crippen LogP contribution in [0.2, 0.25) is 5.02 Å². The van der Waals surface area contributed by atoms with Gasteiger partial charge in [-0.2, -0.15) is 0 Å². The molecule has 96 valence electrons. The topological polar surface area (TPSA) is 42.2 Å². The van der Waals surface area contributed by atoms with Crippen LogP contribution in [0, 0.1) is 6.92 Å². The van der Waals surface area contributed by atoms with Crippen LogP contribution < -0.4 is 5.73 Å². The number of halogens is 1. The molecule has 3 nitrogen and oxygen atoms in total. The maximum absolute atomic E-state index is 5.90. The van der Waals surface area contributed by atoms with Gasteiger partial charge in [0.2, 0.25) is 0 Å². The van der Waals surface area contributed by atoms with Gasteiger partial charge in [-0.3, -0.25) is 4.90 Å². The van der Waals surface area contributed by atoms with Gasteiger partial charge in [0.25, 0.3) is 0 Å². The number of aromatic nitrogens is 1. The van der Waals surface area contributed by atoms with E-state index in [1.165, 1.54) is 0 Å². The molecule has 2 aromatic rings. The Morgan fingerprint density at radius 3 is 2.78 bits per heavy atom. The average molecular weight is 282 g/mol. The summed E-state index contributed by atoms with van der Waals surface area (Å²) in [6.45, 7) is 3.69. The van der Waals surface area contributed by atoms with Crippen LogP contribution in [0.25, 0.3) is 0 Å². The molecule has 0 radical (unpaired) electrons. The highest BCUT2D eigenvalue weighted by Crippen LogP contribution is 2.20. The Balaban J connectivity index is 1.98. The number of nitrogens with two attached hydrogens (primary N) is 1. The highest BCUT2D eigenvalue weighted by Gasteiger charge is 2.05. The molecular weight excluding hydrogens is 266 g/mol. The molecule has 1 heterocycles. The zero-order chi connectivity index (χ0) is 13.1. The smallest absolute Gasteiger partial charge is 0.0897 e. The molecule has 0 aliphatic carbocycles. The monoisotopic (exact) mass is 281 g/mol. The Labute approximate surface area is 116 Å². The second kappa shape index (κ2) is 5.69. The van der Waals surface area contributed by atoms with E-state index in [1.807, 2.05) is 25.1 Å². The summed E-state index contributed by atoms with van der Waals surface area (Å²) in [4.78, 5) is 6.66. The van der Waals surface area contributed by atoms with Crippen LogP contribution in [-0.4, -0.2) is 16.9 Å². The van der Waals surface area contributed by atoms with Gasteiger partial charge in [-0.15, -0.1) is 11.3 Å². The van der Waals surface area contributed by atoms with Crippen molar-refractivity contribution in [3.8, 4) is 0 Å². The summed E-state index contributed by atoms with van der Waals surface area (Å²) >= 11 is 7.58. The quantitative estimate of drug-likeness (QED) is 0.874. The van der Waals surface area contributed by atoms with Crippen molar-refractivity contribution >= 4 is 28.6 Å². The van der Waals surface area contributed by atoms with Crippen LogP contribution in [0.15, 0.2) is 23.6 Å². The summed E-state index contributed by atoms with van der Waals surface area (Å²) < 4.78 is 0. The van der Waals surface area contributed by atoms with Gasteiger partial charge in [0, 0.05) is 18.5 Å². The summed E-state index contributed by atoms with van der Waals surface area (Å²) in [5, 5.41) is 3.81. The molecule has 0 amide bonds. The van der Waals surface area contributed by atoms with Gasteiger partial charge in [0.1, 0.15) is 0 Å². The SMILES string of the molecule is Cc1nc(CN(C)Cc2ccc(Cl)c(N)c2)cs1. The second-order valence-electron chi connectivity index (χ2n) is 4.39. The Kier molecular flexibility index (Phi) is 4.22. The number of nitrogens with zero attached hydrogens (tertiary/aromatic N) is 2. The highest BCUT2D eigenvalue weighted by molar-refractivity contribution is 7.09. The molecule has 0 fully saturated rings. The highest BCUT2D eigenvalue weighted by atomic mass is 35.5. The van der Waals surface area contributed by atoms with Gasteiger partial charge in [0.05, 0.1) is 21.4 Å². The third-order valence-corrected chi connectivity index (χ3v) is 3.78. The molecule has 0 spiro atoms. The Bertz CT molecular complexity index is 539. The molecule has 0 unspecified atom stereocenters. The van der Waals surface area contributed by atoms with Gasteiger partial charge >= 0.3 is 0 Å². The van der Waals surface area contributed by atoms with Gasteiger partial charge in [-0.25, -0.2) is 4.98 Å². The first-order valence-electron chi connectivity index (χ1n) is 5.68. The lowest BCUT2D eigenvalue weighted by Gasteiger charge is -2.15. The van der Waals surface area contributed by atoms with Crippen molar-refractivity contribution in [3.05, 3.63) is 44.9 Å². The van der Waals surface area contributed by atoms with E-state index in [0.29, 0.717) is 10.7 Å². The van der Waals surface area contributed by atoms with Crippen LogP contribution in [0.1, 0.15) is 16.3 Å². The standard InChI is InChI=1S/C13H16ClN3S/c1-9-16-11(8-18-9)7-17(2)6-10-3-4-12(14)13(15)5-10/h3-5,8H,6-7,15H2,1-2H3. The number of rotatable bonds is 4. The average Bonchev–Trinajstić information content (AvgIpc) is 2.69. The van der Waals surface area contributed by atoms with Gasteiger partial charge in [-0.05, 0) is 31.7 Å².